The van der Waals surface area contributed by atoms with Gasteiger partial charge in [-0.1, -0.05) is 23.7 Å². The molecule has 0 radical (unpaired) electrons. The van der Waals surface area contributed by atoms with Gasteiger partial charge in [0.25, 0.3) is 0 Å². The number of β-amino-alcohol motifs (C(OH)–C–C–N with tert-alkyl or cyclic N) is 1. The van der Waals surface area contributed by atoms with Crippen molar-refractivity contribution >= 4 is 11.6 Å². The molecule has 1 fully saturated rings. The van der Waals surface area contributed by atoms with Crippen LogP contribution in [0.1, 0.15) is 17.7 Å². The van der Waals surface area contributed by atoms with E-state index in [0.717, 1.165) is 43.7 Å². The topological polar surface area (TPSA) is 59.8 Å². The number of halogens is 1. The number of aliphatic hydroxyl groups is 1. The van der Waals surface area contributed by atoms with Gasteiger partial charge in [-0.15, -0.1) is 0 Å². The van der Waals surface area contributed by atoms with Gasteiger partial charge in [-0.05, 0) is 43.3 Å². The Kier molecular flexibility index (Phi) is 6.48. The smallest absolute Gasteiger partial charge is 0.134 e. The van der Waals surface area contributed by atoms with E-state index in [2.05, 4.69) is 21.8 Å². The molecule has 2 aromatic rings. The van der Waals surface area contributed by atoms with Crippen LogP contribution in [-0.4, -0.2) is 63.8 Å². The highest BCUT2D eigenvalue weighted by molar-refractivity contribution is 6.32. The molecular formula is C20H26ClN3O2. The highest BCUT2D eigenvalue weighted by Gasteiger charge is 2.30. The maximum Gasteiger partial charge on any atom is 0.134 e. The standard InChI is InChI=1S/C20H26ClN3O2/c1-23(10-7-16-4-2-3-9-22-16)18-8-11-24(14-20(18)26)13-15-5-6-19(25)17(21)12-15/h2-6,9,12,18,20,25-26H,7-8,10-11,13-14H2,1H3/t18-,20-/m1/s1. The molecule has 2 atom stereocenters. The van der Waals surface area contributed by atoms with Gasteiger partial charge in [0, 0.05) is 50.5 Å². The number of phenols is 1. The second kappa shape index (κ2) is 8.82. The van der Waals surface area contributed by atoms with E-state index in [1.807, 2.05) is 30.5 Å². The van der Waals surface area contributed by atoms with E-state index in [9.17, 15) is 10.2 Å². The molecule has 0 bridgehead atoms. The van der Waals surface area contributed by atoms with Crippen LogP contribution in [0.5, 0.6) is 5.75 Å². The van der Waals surface area contributed by atoms with Crippen LogP contribution in [0.25, 0.3) is 0 Å². The van der Waals surface area contributed by atoms with E-state index < -0.39 is 0 Å². The van der Waals surface area contributed by atoms with Crippen LogP contribution < -0.4 is 0 Å². The monoisotopic (exact) mass is 375 g/mol. The van der Waals surface area contributed by atoms with Crippen LogP contribution in [0.4, 0.5) is 0 Å². The molecule has 0 saturated carbocycles. The van der Waals surface area contributed by atoms with E-state index in [1.54, 1.807) is 12.1 Å². The lowest BCUT2D eigenvalue weighted by Crippen LogP contribution is -2.53. The fourth-order valence-electron chi connectivity index (χ4n) is 3.55. The molecule has 0 aliphatic carbocycles. The van der Waals surface area contributed by atoms with Crippen LogP contribution in [0.2, 0.25) is 5.02 Å². The highest BCUT2D eigenvalue weighted by atomic mass is 35.5. The molecule has 0 unspecified atom stereocenters. The van der Waals surface area contributed by atoms with Crippen molar-refractivity contribution in [2.24, 2.45) is 0 Å². The van der Waals surface area contributed by atoms with Gasteiger partial charge in [0.15, 0.2) is 0 Å². The number of aromatic nitrogens is 1. The van der Waals surface area contributed by atoms with Gasteiger partial charge in [-0.25, -0.2) is 0 Å². The molecule has 0 amide bonds. The first-order valence-corrected chi connectivity index (χ1v) is 9.38. The molecule has 26 heavy (non-hydrogen) atoms. The Labute approximate surface area is 159 Å². The van der Waals surface area contributed by atoms with Crippen LogP contribution in [0.15, 0.2) is 42.6 Å². The maximum atomic E-state index is 10.6. The van der Waals surface area contributed by atoms with E-state index in [-0.39, 0.29) is 17.9 Å². The maximum absolute atomic E-state index is 10.6. The van der Waals surface area contributed by atoms with Crippen LogP contribution >= 0.6 is 11.6 Å². The summed E-state index contributed by atoms with van der Waals surface area (Å²) >= 11 is 5.98. The zero-order valence-electron chi connectivity index (χ0n) is 15.1. The van der Waals surface area contributed by atoms with Gasteiger partial charge in [-0.3, -0.25) is 9.88 Å². The molecule has 2 heterocycles. The lowest BCUT2D eigenvalue weighted by atomic mass is 9.99. The van der Waals surface area contributed by atoms with E-state index in [0.29, 0.717) is 11.6 Å². The predicted molar refractivity (Wildman–Crippen MR) is 103 cm³/mol. The number of benzene rings is 1. The Morgan fingerprint density at radius 1 is 1.31 bits per heavy atom. The van der Waals surface area contributed by atoms with Crippen molar-refractivity contribution in [2.75, 3.05) is 26.7 Å². The number of hydrogen-bond donors (Lipinski definition) is 2. The second-order valence-corrected chi connectivity index (χ2v) is 7.40. The van der Waals surface area contributed by atoms with Crippen molar-refractivity contribution in [1.29, 1.82) is 0 Å². The zero-order valence-corrected chi connectivity index (χ0v) is 15.8. The summed E-state index contributed by atoms with van der Waals surface area (Å²) in [5, 5.41) is 20.5. The van der Waals surface area contributed by atoms with Gasteiger partial charge in [0.2, 0.25) is 0 Å². The first-order chi connectivity index (χ1) is 12.5. The number of likely N-dealkylation sites (tertiary alicyclic amines) is 1. The minimum Gasteiger partial charge on any atom is -0.506 e. The first kappa shape index (κ1) is 19.1. The summed E-state index contributed by atoms with van der Waals surface area (Å²) in [4.78, 5) is 8.84. The third-order valence-corrected chi connectivity index (χ3v) is 5.36. The van der Waals surface area contributed by atoms with Crippen LogP contribution in [0.3, 0.4) is 0 Å². The third-order valence-electron chi connectivity index (χ3n) is 5.06. The molecular weight excluding hydrogens is 350 g/mol. The van der Waals surface area contributed by atoms with Gasteiger partial charge < -0.3 is 15.1 Å². The second-order valence-electron chi connectivity index (χ2n) is 7.00. The van der Waals surface area contributed by atoms with Gasteiger partial charge in [-0.2, -0.15) is 0 Å². The van der Waals surface area contributed by atoms with Gasteiger partial charge in [0.1, 0.15) is 5.75 Å². The summed E-state index contributed by atoms with van der Waals surface area (Å²) in [5.41, 5.74) is 2.12. The minimum atomic E-state index is -0.384. The van der Waals surface area contributed by atoms with Crippen molar-refractivity contribution in [1.82, 2.24) is 14.8 Å². The van der Waals surface area contributed by atoms with Crippen molar-refractivity contribution in [3.05, 3.63) is 58.9 Å². The fraction of sp³-hybridized carbons (Fsp3) is 0.450. The summed E-state index contributed by atoms with van der Waals surface area (Å²) in [5.74, 6) is 0.101. The number of aliphatic hydroxyl groups excluding tert-OH is 1. The number of nitrogens with zero attached hydrogens (tertiary/aromatic N) is 3. The molecule has 1 aromatic carbocycles. The van der Waals surface area contributed by atoms with Crippen molar-refractivity contribution in [3.8, 4) is 5.75 Å². The zero-order chi connectivity index (χ0) is 18.5. The molecule has 1 aliphatic heterocycles. The van der Waals surface area contributed by atoms with Crippen LogP contribution in [0, 0.1) is 0 Å². The lowest BCUT2D eigenvalue weighted by molar-refractivity contribution is -0.00619. The molecule has 0 spiro atoms. The molecule has 140 valence electrons. The molecule has 2 N–H and O–H groups in total. The Bertz CT molecular complexity index is 713. The van der Waals surface area contributed by atoms with E-state index >= 15 is 0 Å². The molecule has 3 rings (SSSR count). The van der Waals surface area contributed by atoms with Crippen molar-refractivity contribution in [3.63, 3.8) is 0 Å². The first-order valence-electron chi connectivity index (χ1n) is 9.01. The Balaban J connectivity index is 1.50. The Morgan fingerprint density at radius 2 is 2.15 bits per heavy atom. The number of aromatic hydroxyl groups is 1. The normalized spacial score (nSPS) is 21.2. The number of likely N-dealkylation sites (N-methyl/N-ethyl adjacent to an activating group) is 1. The summed E-state index contributed by atoms with van der Waals surface area (Å²) in [6.45, 7) is 3.17. The predicted octanol–water partition coefficient (Wildman–Crippen LogP) is 2.55. The largest absolute Gasteiger partial charge is 0.506 e. The van der Waals surface area contributed by atoms with E-state index in [4.69, 9.17) is 11.6 Å². The van der Waals surface area contributed by atoms with E-state index in [1.165, 1.54) is 0 Å². The Hall–Kier alpha value is -1.66. The number of piperidine rings is 1. The molecule has 5 nitrogen and oxygen atoms in total. The number of hydrogen-bond acceptors (Lipinski definition) is 5. The average Bonchev–Trinajstić information content (AvgIpc) is 2.64. The van der Waals surface area contributed by atoms with Crippen molar-refractivity contribution < 1.29 is 10.2 Å². The summed E-state index contributed by atoms with van der Waals surface area (Å²) in [6.07, 6.45) is 3.24. The molecule has 1 saturated heterocycles. The highest BCUT2D eigenvalue weighted by Crippen LogP contribution is 2.25. The summed E-state index contributed by atoms with van der Waals surface area (Å²) in [7, 11) is 2.08. The van der Waals surface area contributed by atoms with Crippen LogP contribution in [-0.2, 0) is 13.0 Å². The average molecular weight is 376 g/mol. The summed E-state index contributed by atoms with van der Waals surface area (Å²) < 4.78 is 0. The number of rotatable bonds is 6. The summed E-state index contributed by atoms with van der Waals surface area (Å²) in [6, 6.07) is 11.4. The molecule has 6 heteroatoms. The molecule has 1 aliphatic rings. The fourth-order valence-corrected chi connectivity index (χ4v) is 3.76. The Morgan fingerprint density at radius 3 is 2.85 bits per heavy atom. The molecule has 1 aromatic heterocycles. The SMILES string of the molecule is CN(CCc1ccccn1)[C@@H]1CCN(Cc2ccc(O)c(Cl)c2)C[C@H]1O. The third kappa shape index (κ3) is 4.95. The van der Waals surface area contributed by atoms with Gasteiger partial charge >= 0.3 is 0 Å². The number of pyridine rings is 1. The minimum absolute atomic E-state index is 0.101. The quantitative estimate of drug-likeness (QED) is 0.812. The van der Waals surface area contributed by atoms with Crippen molar-refractivity contribution in [2.45, 2.75) is 31.5 Å². The number of phenolic OH excluding ortho intramolecular Hbond substituents is 1. The van der Waals surface area contributed by atoms with Gasteiger partial charge in [0.05, 0.1) is 11.1 Å². The lowest BCUT2D eigenvalue weighted by Gasteiger charge is -2.40.